The molecule has 0 aromatic heterocycles. The molecule has 0 radical (unpaired) electrons. The summed E-state index contributed by atoms with van der Waals surface area (Å²) in [6.07, 6.45) is 4.16. The fourth-order valence-electron chi connectivity index (χ4n) is 1.23. The fraction of sp³-hybridized carbons (Fsp3) is 0.700. The standard InChI is InChI=1S/C10H14O2/c1-2-3-4-6-9-7-5-8-10(11)12-9/h9H,2,5-8H2,1H3/t9-/m0/s1. The molecule has 12 heavy (non-hydrogen) atoms. The third-order valence-electron chi connectivity index (χ3n) is 1.84. The average molecular weight is 166 g/mol. The summed E-state index contributed by atoms with van der Waals surface area (Å²) >= 11 is 0. The maximum Gasteiger partial charge on any atom is 0.306 e. The number of cyclic esters (lactones) is 1. The van der Waals surface area contributed by atoms with Crippen LogP contribution >= 0.6 is 0 Å². The highest BCUT2D eigenvalue weighted by Crippen LogP contribution is 2.15. The second kappa shape index (κ2) is 4.82. The van der Waals surface area contributed by atoms with Gasteiger partial charge in [0.15, 0.2) is 0 Å². The van der Waals surface area contributed by atoms with Crippen molar-refractivity contribution in [2.75, 3.05) is 0 Å². The number of carbonyl (C=O) groups is 1. The van der Waals surface area contributed by atoms with Crippen LogP contribution in [-0.4, -0.2) is 12.1 Å². The smallest absolute Gasteiger partial charge is 0.306 e. The Bertz CT molecular complexity index is 210. The first-order chi connectivity index (χ1) is 5.83. The quantitative estimate of drug-likeness (QED) is 0.439. The molecule has 0 amide bonds. The highest BCUT2D eigenvalue weighted by Gasteiger charge is 2.18. The molecule has 0 N–H and O–H groups in total. The fourth-order valence-corrected chi connectivity index (χ4v) is 1.23. The summed E-state index contributed by atoms with van der Waals surface area (Å²) in [5, 5.41) is 0. The van der Waals surface area contributed by atoms with Gasteiger partial charge >= 0.3 is 5.97 Å². The highest BCUT2D eigenvalue weighted by molar-refractivity contribution is 5.70. The number of carbonyl (C=O) groups excluding carboxylic acids is 1. The van der Waals surface area contributed by atoms with Crippen LogP contribution in [0.1, 0.15) is 39.0 Å². The van der Waals surface area contributed by atoms with E-state index >= 15 is 0 Å². The van der Waals surface area contributed by atoms with Crippen molar-refractivity contribution < 1.29 is 9.53 Å². The van der Waals surface area contributed by atoms with Gasteiger partial charge in [0, 0.05) is 19.3 Å². The SMILES string of the molecule is CCC#CC[C@H]1CCCC(=O)O1. The molecule has 66 valence electrons. The van der Waals surface area contributed by atoms with Gasteiger partial charge in [0.1, 0.15) is 6.10 Å². The molecule has 0 saturated carbocycles. The van der Waals surface area contributed by atoms with Gasteiger partial charge in [-0.15, -0.1) is 5.92 Å². The molecule has 2 heteroatoms. The maximum absolute atomic E-state index is 10.8. The van der Waals surface area contributed by atoms with Crippen LogP contribution < -0.4 is 0 Å². The zero-order chi connectivity index (χ0) is 8.81. The zero-order valence-corrected chi connectivity index (χ0v) is 7.43. The van der Waals surface area contributed by atoms with Crippen molar-refractivity contribution in [1.29, 1.82) is 0 Å². The molecule has 1 rings (SSSR count). The van der Waals surface area contributed by atoms with Crippen molar-refractivity contribution in [2.45, 2.75) is 45.1 Å². The van der Waals surface area contributed by atoms with E-state index in [1.807, 2.05) is 6.92 Å². The van der Waals surface area contributed by atoms with Gasteiger partial charge in [0.05, 0.1) is 0 Å². The highest BCUT2D eigenvalue weighted by atomic mass is 16.5. The molecule has 1 aliphatic rings. The molecule has 0 aromatic carbocycles. The molecule has 1 heterocycles. The minimum Gasteiger partial charge on any atom is -0.461 e. The molecular formula is C10H14O2. The molecule has 0 bridgehead atoms. The van der Waals surface area contributed by atoms with Crippen LogP contribution in [0.4, 0.5) is 0 Å². The van der Waals surface area contributed by atoms with Crippen molar-refractivity contribution in [1.82, 2.24) is 0 Å². The van der Waals surface area contributed by atoms with Crippen LogP contribution in [0.25, 0.3) is 0 Å². The number of esters is 1. The van der Waals surface area contributed by atoms with E-state index in [0.717, 1.165) is 19.3 Å². The largest absolute Gasteiger partial charge is 0.461 e. The first kappa shape index (κ1) is 9.12. The summed E-state index contributed by atoms with van der Waals surface area (Å²) < 4.78 is 5.09. The third kappa shape index (κ3) is 2.96. The predicted molar refractivity (Wildman–Crippen MR) is 46.4 cm³/mol. The minimum atomic E-state index is -0.0652. The van der Waals surface area contributed by atoms with Gasteiger partial charge in [-0.3, -0.25) is 4.79 Å². The average Bonchev–Trinajstić information content (AvgIpc) is 2.05. The van der Waals surface area contributed by atoms with E-state index < -0.39 is 0 Å². The Balaban J connectivity index is 2.27. The van der Waals surface area contributed by atoms with E-state index in [2.05, 4.69) is 11.8 Å². The van der Waals surface area contributed by atoms with Crippen molar-refractivity contribution in [3.63, 3.8) is 0 Å². The molecule has 1 saturated heterocycles. The van der Waals surface area contributed by atoms with E-state index in [4.69, 9.17) is 4.74 Å². The third-order valence-corrected chi connectivity index (χ3v) is 1.84. The van der Waals surface area contributed by atoms with Crippen molar-refractivity contribution >= 4 is 5.97 Å². The monoisotopic (exact) mass is 166 g/mol. The molecule has 0 spiro atoms. The number of ether oxygens (including phenoxy) is 1. The van der Waals surface area contributed by atoms with Crippen LogP contribution in [0.15, 0.2) is 0 Å². The van der Waals surface area contributed by atoms with Gasteiger partial charge in [0.2, 0.25) is 0 Å². The number of rotatable bonds is 1. The van der Waals surface area contributed by atoms with E-state index in [1.54, 1.807) is 0 Å². The van der Waals surface area contributed by atoms with E-state index in [9.17, 15) is 4.79 Å². The van der Waals surface area contributed by atoms with Crippen molar-refractivity contribution in [3.8, 4) is 11.8 Å². The van der Waals surface area contributed by atoms with Crippen LogP contribution in [-0.2, 0) is 9.53 Å². The van der Waals surface area contributed by atoms with Gasteiger partial charge in [-0.25, -0.2) is 0 Å². The van der Waals surface area contributed by atoms with Crippen molar-refractivity contribution in [3.05, 3.63) is 0 Å². The Morgan fingerprint density at radius 3 is 3.08 bits per heavy atom. The zero-order valence-electron chi connectivity index (χ0n) is 7.43. The molecule has 1 fully saturated rings. The Labute approximate surface area is 73.3 Å². The first-order valence-corrected chi connectivity index (χ1v) is 4.48. The van der Waals surface area contributed by atoms with Gasteiger partial charge in [-0.2, -0.15) is 0 Å². The Hall–Kier alpha value is -0.970. The van der Waals surface area contributed by atoms with Crippen LogP contribution in [0.5, 0.6) is 0 Å². The Morgan fingerprint density at radius 1 is 1.58 bits per heavy atom. The maximum atomic E-state index is 10.8. The second-order valence-electron chi connectivity index (χ2n) is 2.92. The normalized spacial score (nSPS) is 22.4. The molecular weight excluding hydrogens is 152 g/mol. The summed E-state index contributed by atoms with van der Waals surface area (Å²) in [7, 11) is 0. The topological polar surface area (TPSA) is 26.3 Å². The molecule has 2 nitrogen and oxygen atoms in total. The molecule has 1 aliphatic heterocycles. The Kier molecular flexibility index (Phi) is 3.66. The lowest BCUT2D eigenvalue weighted by atomic mass is 10.1. The molecule has 0 unspecified atom stereocenters. The lowest BCUT2D eigenvalue weighted by Crippen LogP contribution is -2.22. The van der Waals surface area contributed by atoms with Crippen LogP contribution in [0, 0.1) is 11.8 Å². The van der Waals surface area contributed by atoms with Crippen LogP contribution in [0.2, 0.25) is 0 Å². The van der Waals surface area contributed by atoms with Crippen molar-refractivity contribution in [2.24, 2.45) is 0 Å². The summed E-state index contributed by atoms with van der Waals surface area (Å²) in [6, 6.07) is 0. The number of hydrogen-bond donors (Lipinski definition) is 0. The summed E-state index contributed by atoms with van der Waals surface area (Å²) in [4.78, 5) is 10.8. The first-order valence-electron chi connectivity index (χ1n) is 4.48. The Morgan fingerprint density at radius 2 is 2.42 bits per heavy atom. The van der Waals surface area contributed by atoms with Gasteiger partial charge < -0.3 is 4.74 Å². The summed E-state index contributed by atoms with van der Waals surface area (Å²) in [5.41, 5.74) is 0. The van der Waals surface area contributed by atoms with E-state index in [0.29, 0.717) is 12.8 Å². The lowest BCUT2D eigenvalue weighted by Gasteiger charge is -2.19. The molecule has 1 atom stereocenters. The van der Waals surface area contributed by atoms with E-state index in [-0.39, 0.29) is 12.1 Å². The van der Waals surface area contributed by atoms with Crippen LogP contribution in [0.3, 0.4) is 0 Å². The second-order valence-corrected chi connectivity index (χ2v) is 2.92. The predicted octanol–water partition coefficient (Wildman–Crippen LogP) is 1.89. The molecule has 0 aromatic rings. The van der Waals surface area contributed by atoms with Gasteiger partial charge in [0.25, 0.3) is 0 Å². The van der Waals surface area contributed by atoms with E-state index in [1.165, 1.54) is 0 Å². The van der Waals surface area contributed by atoms with Gasteiger partial charge in [-0.05, 0) is 12.8 Å². The minimum absolute atomic E-state index is 0.0605. The lowest BCUT2D eigenvalue weighted by molar-refractivity contribution is -0.153. The summed E-state index contributed by atoms with van der Waals surface area (Å²) in [6.45, 7) is 2.01. The number of hydrogen-bond acceptors (Lipinski definition) is 2. The van der Waals surface area contributed by atoms with Gasteiger partial charge in [-0.1, -0.05) is 12.8 Å². The summed E-state index contributed by atoms with van der Waals surface area (Å²) in [5.74, 6) is 5.90. The molecule has 0 aliphatic carbocycles.